The average Bonchev–Trinajstić information content (AvgIpc) is 2.72. The molecule has 10 heteroatoms. The zero-order chi connectivity index (χ0) is 24.7. The molecule has 0 amide bonds. The Morgan fingerprint density at radius 2 is 1.64 bits per heavy atom. The Morgan fingerprint density at radius 1 is 1.00 bits per heavy atom. The number of hydrogen-bond acceptors (Lipinski definition) is 8. The highest BCUT2D eigenvalue weighted by molar-refractivity contribution is 7.85. The number of carbonyl (C=O) groups excluding carboxylic acids is 2. The van der Waals surface area contributed by atoms with Gasteiger partial charge in [-0.25, -0.2) is 13.2 Å². The van der Waals surface area contributed by atoms with Gasteiger partial charge in [0.05, 0.1) is 16.4 Å². The van der Waals surface area contributed by atoms with Gasteiger partial charge in [0.2, 0.25) is 0 Å². The number of benzene rings is 2. The van der Waals surface area contributed by atoms with Gasteiger partial charge >= 0.3 is 5.97 Å². The number of rotatable bonds is 5. The van der Waals surface area contributed by atoms with E-state index in [1.807, 2.05) is 0 Å². The second kappa shape index (κ2) is 8.49. The van der Waals surface area contributed by atoms with Crippen LogP contribution >= 0.6 is 0 Å². The molecule has 9 nitrogen and oxygen atoms in total. The number of hydrogen-bond donors (Lipinski definition) is 1. The smallest absolute Gasteiger partial charge is 0.335 e. The van der Waals surface area contributed by atoms with Gasteiger partial charge < -0.3 is 24.7 Å². The number of carboxylic acids is 2. The van der Waals surface area contributed by atoms with Crippen LogP contribution in [-0.2, 0) is 19.7 Å². The lowest BCUT2D eigenvalue weighted by Crippen LogP contribution is -2.30. The summed E-state index contributed by atoms with van der Waals surface area (Å²) in [7, 11) is -5.02. The van der Waals surface area contributed by atoms with Crippen LogP contribution in [0, 0.1) is 6.92 Å². The maximum atomic E-state index is 12.3. The lowest BCUT2D eigenvalue weighted by molar-refractivity contribution is -0.298. The molecule has 0 unspecified atom stereocenters. The lowest BCUT2D eigenvalue weighted by Gasteiger charge is -2.23. The van der Waals surface area contributed by atoms with Crippen molar-refractivity contribution in [1.29, 1.82) is 0 Å². The van der Waals surface area contributed by atoms with Gasteiger partial charge in [0.25, 0.3) is 0 Å². The third kappa shape index (κ3) is 4.47. The Labute approximate surface area is 188 Å². The van der Waals surface area contributed by atoms with Gasteiger partial charge in [0.15, 0.2) is 5.78 Å². The van der Waals surface area contributed by atoms with E-state index in [1.54, 1.807) is 0 Å². The molecule has 170 valence electrons. The Hall–Kier alpha value is -4.02. The average molecular weight is 467 g/mol. The summed E-state index contributed by atoms with van der Waals surface area (Å²) in [5, 5.41) is 33.2. The predicted octanol–water partition coefficient (Wildman–Crippen LogP) is 0.678. The standard InChI is InChI=1S/C23H18O9S/c1-11-7-13(9-16(20(11)24)22(26)27)19(15-5-3-4-6-18(15)33(30,31)32)14-8-12(2)21(25)17(10-14)23(28)29/h3-10,24H,1-2H3,(H,26,27)(H,28,29)(H,30,31,32)/p-3/b19-14-. The van der Waals surface area contributed by atoms with E-state index in [0.29, 0.717) is 0 Å². The first-order valence-corrected chi connectivity index (χ1v) is 10.7. The van der Waals surface area contributed by atoms with Crippen LogP contribution in [0.15, 0.2) is 70.2 Å². The molecule has 2 aromatic carbocycles. The number of Topliss-reactive ketones (excluding diaryl/α,β-unsaturated/α-hetero) is 1. The summed E-state index contributed by atoms with van der Waals surface area (Å²) in [6, 6.07) is 7.33. The van der Waals surface area contributed by atoms with Crippen molar-refractivity contribution in [2.24, 2.45) is 0 Å². The summed E-state index contributed by atoms with van der Waals surface area (Å²) in [4.78, 5) is 34.7. The number of aromatic carboxylic acids is 1. The summed E-state index contributed by atoms with van der Waals surface area (Å²) in [5.74, 6) is -4.89. The van der Waals surface area contributed by atoms with E-state index in [-0.39, 0.29) is 33.4 Å². The first kappa shape index (κ1) is 23.6. The molecular formula is C23H15O9S-3. The minimum absolute atomic E-state index is 0.0109. The summed E-state index contributed by atoms with van der Waals surface area (Å²) in [6.45, 7) is 2.69. The molecule has 0 atom stereocenters. The molecule has 1 aliphatic rings. The predicted molar refractivity (Wildman–Crippen MR) is 110 cm³/mol. The van der Waals surface area contributed by atoms with Gasteiger partial charge in [-0.2, -0.15) is 0 Å². The summed E-state index contributed by atoms with van der Waals surface area (Å²) < 4.78 is 35.8. The van der Waals surface area contributed by atoms with Crippen LogP contribution in [-0.4, -0.2) is 35.8 Å². The maximum absolute atomic E-state index is 12.3. The molecule has 33 heavy (non-hydrogen) atoms. The van der Waals surface area contributed by atoms with Crippen LogP contribution in [0.1, 0.15) is 34.0 Å². The molecule has 0 fully saturated rings. The Kier molecular flexibility index (Phi) is 6.08. The van der Waals surface area contributed by atoms with E-state index in [4.69, 9.17) is 0 Å². The highest BCUT2D eigenvalue weighted by atomic mass is 32.2. The number of aliphatic carboxylic acids is 1. The van der Waals surface area contributed by atoms with E-state index in [1.165, 1.54) is 44.2 Å². The number of aryl methyl sites for hydroxylation is 1. The molecule has 0 heterocycles. The van der Waals surface area contributed by atoms with Gasteiger partial charge in [0.1, 0.15) is 10.1 Å². The van der Waals surface area contributed by atoms with Gasteiger partial charge in [-0.05, 0) is 60.4 Å². The summed E-state index contributed by atoms with van der Waals surface area (Å²) in [5.41, 5.74) is -1.49. The van der Waals surface area contributed by atoms with Crippen molar-refractivity contribution in [2.45, 2.75) is 18.7 Å². The first-order chi connectivity index (χ1) is 15.3. The topological polar surface area (TPSA) is 175 Å². The Balaban J connectivity index is 2.54. The molecule has 1 aliphatic carbocycles. The highest BCUT2D eigenvalue weighted by Gasteiger charge is 2.24. The molecule has 1 N–H and O–H groups in total. The number of carboxylic acid groups (broad SMARTS) is 2. The van der Waals surface area contributed by atoms with Crippen LogP contribution in [0.25, 0.3) is 5.57 Å². The molecule has 3 rings (SSSR count). The van der Waals surface area contributed by atoms with Gasteiger partial charge in [0, 0.05) is 11.1 Å². The fourth-order valence-electron chi connectivity index (χ4n) is 3.52. The second-order valence-electron chi connectivity index (χ2n) is 7.26. The quantitative estimate of drug-likeness (QED) is 0.489. The van der Waals surface area contributed by atoms with Crippen molar-refractivity contribution >= 4 is 33.4 Å². The maximum Gasteiger partial charge on any atom is 0.335 e. The van der Waals surface area contributed by atoms with E-state index >= 15 is 0 Å². The van der Waals surface area contributed by atoms with Crippen LogP contribution in [0.2, 0.25) is 0 Å². The van der Waals surface area contributed by atoms with E-state index < -0.39 is 49.6 Å². The van der Waals surface area contributed by atoms with Crippen LogP contribution in [0.5, 0.6) is 5.75 Å². The monoisotopic (exact) mass is 467 g/mol. The Bertz CT molecular complexity index is 1420. The van der Waals surface area contributed by atoms with Crippen LogP contribution in [0.3, 0.4) is 0 Å². The fraction of sp³-hybridized carbons (Fsp3) is 0.0870. The molecule has 0 bridgehead atoms. The number of ketones is 1. The lowest BCUT2D eigenvalue weighted by atomic mass is 9.85. The normalized spacial score (nSPS) is 15.5. The zero-order valence-electron chi connectivity index (χ0n) is 17.2. The van der Waals surface area contributed by atoms with Gasteiger partial charge in [-0.15, -0.1) is 0 Å². The summed E-state index contributed by atoms with van der Waals surface area (Å²) in [6.07, 6.45) is 2.23. The molecule has 0 spiro atoms. The van der Waals surface area contributed by atoms with E-state index in [2.05, 4.69) is 0 Å². The Morgan fingerprint density at radius 3 is 2.21 bits per heavy atom. The molecule has 0 aliphatic heterocycles. The fourth-order valence-corrected chi connectivity index (χ4v) is 4.20. The molecule has 0 saturated heterocycles. The van der Waals surface area contributed by atoms with Crippen molar-refractivity contribution in [1.82, 2.24) is 0 Å². The molecule has 0 radical (unpaired) electrons. The van der Waals surface area contributed by atoms with Crippen LogP contribution < -0.4 is 10.2 Å². The molecule has 0 aromatic heterocycles. The first-order valence-electron chi connectivity index (χ1n) is 9.34. The van der Waals surface area contributed by atoms with Crippen molar-refractivity contribution < 1.29 is 42.7 Å². The minimum Gasteiger partial charge on any atom is -0.872 e. The zero-order valence-corrected chi connectivity index (χ0v) is 18.1. The van der Waals surface area contributed by atoms with Gasteiger partial charge in [-0.3, -0.25) is 4.79 Å². The summed E-state index contributed by atoms with van der Waals surface area (Å²) >= 11 is 0. The molecular weight excluding hydrogens is 452 g/mol. The second-order valence-corrected chi connectivity index (χ2v) is 8.61. The molecule has 0 saturated carbocycles. The number of carbonyl (C=O) groups is 3. The third-order valence-corrected chi connectivity index (χ3v) is 5.90. The van der Waals surface area contributed by atoms with E-state index in [0.717, 1.165) is 18.2 Å². The van der Waals surface area contributed by atoms with E-state index in [9.17, 15) is 42.7 Å². The number of allylic oxidation sites excluding steroid dienone is 4. The minimum atomic E-state index is -5.02. The SMILES string of the molecule is CC1=C/C(=C(\c2cc(C)c([O-])c(C(=O)O)c2)c2ccccc2S(=O)(=O)[O-])C=C(C(=O)[O-])C1=O. The largest absolute Gasteiger partial charge is 0.872 e. The molecule has 2 aromatic rings. The highest BCUT2D eigenvalue weighted by Crippen LogP contribution is 2.37. The van der Waals surface area contributed by atoms with Crippen molar-refractivity contribution in [2.75, 3.05) is 0 Å². The third-order valence-electron chi connectivity index (χ3n) is 5.00. The van der Waals surface area contributed by atoms with Crippen molar-refractivity contribution in [3.8, 4) is 5.75 Å². The van der Waals surface area contributed by atoms with Crippen molar-refractivity contribution in [3.05, 3.63) is 87.5 Å². The van der Waals surface area contributed by atoms with Gasteiger partial charge in [-0.1, -0.05) is 35.6 Å². The van der Waals surface area contributed by atoms with Crippen LogP contribution in [0.4, 0.5) is 0 Å². The van der Waals surface area contributed by atoms with Crippen molar-refractivity contribution in [3.63, 3.8) is 0 Å².